The molecule has 0 unspecified atom stereocenters. The van der Waals surface area contributed by atoms with Gasteiger partial charge in [0.1, 0.15) is 0 Å². The maximum Gasteiger partial charge on any atom is 0.0961 e. The fourth-order valence-electron chi connectivity index (χ4n) is 1.94. The van der Waals surface area contributed by atoms with E-state index in [4.69, 9.17) is 5.73 Å². The number of fused-ring (bicyclic) bond motifs is 1. The molecular formula is C13H13N3S. The molecule has 17 heavy (non-hydrogen) atoms. The molecule has 3 aromatic rings. The summed E-state index contributed by atoms with van der Waals surface area (Å²) in [5, 5.41) is 4.37. The highest BCUT2D eigenvalue weighted by Crippen LogP contribution is 2.20. The summed E-state index contributed by atoms with van der Waals surface area (Å²) in [5.41, 5.74) is 11.3. The van der Waals surface area contributed by atoms with Gasteiger partial charge in [0.25, 0.3) is 0 Å². The minimum atomic E-state index is 0.759. The summed E-state index contributed by atoms with van der Waals surface area (Å²) >= 11 is 1.74. The van der Waals surface area contributed by atoms with E-state index in [9.17, 15) is 0 Å². The van der Waals surface area contributed by atoms with Crippen molar-refractivity contribution < 1.29 is 0 Å². The maximum atomic E-state index is 5.75. The Morgan fingerprint density at radius 2 is 2.24 bits per heavy atom. The predicted molar refractivity (Wildman–Crippen MR) is 72.3 cm³/mol. The van der Waals surface area contributed by atoms with Crippen LogP contribution in [0.25, 0.3) is 11.0 Å². The zero-order valence-electron chi connectivity index (χ0n) is 9.55. The van der Waals surface area contributed by atoms with Crippen LogP contribution in [0.4, 0.5) is 5.69 Å². The van der Waals surface area contributed by atoms with Crippen molar-refractivity contribution in [3.8, 4) is 0 Å². The second kappa shape index (κ2) is 3.89. The van der Waals surface area contributed by atoms with Crippen LogP contribution < -0.4 is 5.73 Å². The van der Waals surface area contributed by atoms with Crippen LogP contribution in [0.3, 0.4) is 0 Å². The summed E-state index contributed by atoms with van der Waals surface area (Å²) in [7, 11) is 0. The molecular weight excluding hydrogens is 230 g/mol. The van der Waals surface area contributed by atoms with Gasteiger partial charge in [0.05, 0.1) is 23.9 Å². The lowest BCUT2D eigenvalue weighted by Gasteiger charge is -2.04. The van der Waals surface area contributed by atoms with Crippen molar-refractivity contribution in [2.45, 2.75) is 13.5 Å². The van der Waals surface area contributed by atoms with E-state index in [1.54, 1.807) is 11.3 Å². The van der Waals surface area contributed by atoms with Crippen LogP contribution in [0.1, 0.15) is 11.1 Å². The van der Waals surface area contributed by atoms with E-state index in [2.05, 4.69) is 27.2 Å². The molecule has 0 saturated heterocycles. The van der Waals surface area contributed by atoms with Gasteiger partial charge in [-0.1, -0.05) is 0 Å². The molecule has 86 valence electrons. The summed E-state index contributed by atoms with van der Waals surface area (Å²) in [6.07, 6.45) is 1.88. The third-order valence-corrected chi connectivity index (χ3v) is 3.86. The highest BCUT2D eigenvalue weighted by atomic mass is 32.1. The number of nitrogens with two attached hydrogens (primary N) is 1. The minimum Gasteiger partial charge on any atom is -0.399 e. The van der Waals surface area contributed by atoms with Gasteiger partial charge in [0.15, 0.2) is 0 Å². The number of hydrogen-bond donors (Lipinski definition) is 1. The molecule has 0 aliphatic rings. The first-order chi connectivity index (χ1) is 8.24. The average molecular weight is 243 g/mol. The zero-order valence-corrected chi connectivity index (χ0v) is 10.4. The van der Waals surface area contributed by atoms with Crippen molar-refractivity contribution in [3.63, 3.8) is 0 Å². The van der Waals surface area contributed by atoms with Gasteiger partial charge < -0.3 is 10.3 Å². The van der Waals surface area contributed by atoms with E-state index >= 15 is 0 Å². The molecule has 3 rings (SSSR count). The molecule has 0 bridgehead atoms. The Morgan fingerprint density at radius 1 is 1.35 bits per heavy atom. The van der Waals surface area contributed by atoms with Gasteiger partial charge in [0.2, 0.25) is 0 Å². The van der Waals surface area contributed by atoms with E-state index < -0.39 is 0 Å². The smallest absolute Gasteiger partial charge is 0.0961 e. The molecule has 4 heteroatoms. The van der Waals surface area contributed by atoms with Gasteiger partial charge in [-0.05, 0) is 47.0 Å². The molecule has 2 N–H and O–H groups in total. The lowest BCUT2D eigenvalue weighted by atomic mass is 10.2. The van der Waals surface area contributed by atoms with Crippen molar-refractivity contribution in [2.24, 2.45) is 0 Å². The van der Waals surface area contributed by atoms with Crippen molar-refractivity contribution in [1.82, 2.24) is 9.55 Å². The lowest BCUT2D eigenvalue weighted by molar-refractivity contribution is 0.822. The standard InChI is InChI=1S/C13H13N3S/c1-9-6-17-7-10(9)5-16-8-15-12-4-11(14)2-3-13(12)16/h2-4,6-8H,5,14H2,1H3. The van der Waals surface area contributed by atoms with E-state index in [0.717, 1.165) is 23.3 Å². The number of rotatable bonds is 2. The summed E-state index contributed by atoms with van der Waals surface area (Å²) in [6.45, 7) is 3.01. The van der Waals surface area contributed by atoms with E-state index in [1.807, 2.05) is 24.5 Å². The SMILES string of the molecule is Cc1cscc1Cn1cnc2cc(N)ccc21. The normalized spacial score (nSPS) is 11.1. The van der Waals surface area contributed by atoms with Gasteiger partial charge in [-0.15, -0.1) is 0 Å². The molecule has 0 radical (unpaired) electrons. The molecule has 0 fully saturated rings. The predicted octanol–water partition coefficient (Wildman–Crippen LogP) is 3.04. The van der Waals surface area contributed by atoms with Gasteiger partial charge in [0, 0.05) is 5.69 Å². The number of anilines is 1. The molecule has 3 nitrogen and oxygen atoms in total. The number of imidazole rings is 1. The third-order valence-electron chi connectivity index (χ3n) is 2.95. The van der Waals surface area contributed by atoms with Gasteiger partial charge in [-0.2, -0.15) is 11.3 Å². The number of hydrogen-bond acceptors (Lipinski definition) is 3. The Balaban J connectivity index is 2.04. The Labute approximate surface area is 104 Å². The first-order valence-corrected chi connectivity index (χ1v) is 6.40. The fourth-order valence-corrected chi connectivity index (χ4v) is 2.79. The average Bonchev–Trinajstić information content (AvgIpc) is 2.87. The zero-order chi connectivity index (χ0) is 11.8. The van der Waals surface area contributed by atoms with Gasteiger partial charge in [-0.3, -0.25) is 0 Å². The highest BCUT2D eigenvalue weighted by Gasteiger charge is 2.05. The second-order valence-electron chi connectivity index (χ2n) is 4.20. The van der Waals surface area contributed by atoms with Crippen LogP contribution in [0.2, 0.25) is 0 Å². The first-order valence-electron chi connectivity index (χ1n) is 5.46. The highest BCUT2D eigenvalue weighted by molar-refractivity contribution is 7.08. The summed E-state index contributed by atoms with van der Waals surface area (Å²) in [6, 6.07) is 5.85. The molecule has 2 heterocycles. The van der Waals surface area contributed by atoms with Crippen molar-refractivity contribution >= 4 is 28.1 Å². The number of nitrogen functional groups attached to an aromatic ring is 1. The quantitative estimate of drug-likeness (QED) is 0.703. The summed E-state index contributed by atoms with van der Waals surface area (Å²) in [5.74, 6) is 0. The van der Waals surface area contributed by atoms with Crippen LogP contribution in [0, 0.1) is 6.92 Å². The minimum absolute atomic E-state index is 0.759. The number of thiophene rings is 1. The first kappa shape index (κ1) is 10.4. The Morgan fingerprint density at radius 3 is 3.00 bits per heavy atom. The summed E-state index contributed by atoms with van der Waals surface area (Å²) < 4.78 is 2.16. The third kappa shape index (κ3) is 1.80. The molecule has 0 amide bonds. The van der Waals surface area contributed by atoms with Crippen molar-refractivity contribution in [2.75, 3.05) is 5.73 Å². The maximum absolute atomic E-state index is 5.75. The molecule has 0 aliphatic heterocycles. The van der Waals surface area contributed by atoms with Crippen LogP contribution in [0.5, 0.6) is 0 Å². The number of aryl methyl sites for hydroxylation is 1. The van der Waals surface area contributed by atoms with E-state index in [1.165, 1.54) is 11.1 Å². The van der Waals surface area contributed by atoms with Gasteiger partial charge >= 0.3 is 0 Å². The number of aromatic nitrogens is 2. The molecule has 0 saturated carbocycles. The summed E-state index contributed by atoms with van der Waals surface area (Å²) in [4.78, 5) is 4.38. The Bertz CT molecular complexity index is 666. The molecule has 2 aromatic heterocycles. The Kier molecular flexibility index (Phi) is 2.37. The lowest BCUT2D eigenvalue weighted by Crippen LogP contribution is -1.98. The monoisotopic (exact) mass is 243 g/mol. The van der Waals surface area contributed by atoms with Crippen LogP contribution in [-0.4, -0.2) is 9.55 Å². The molecule has 0 atom stereocenters. The number of nitrogens with zero attached hydrogens (tertiary/aromatic N) is 2. The topological polar surface area (TPSA) is 43.8 Å². The number of benzene rings is 1. The largest absolute Gasteiger partial charge is 0.399 e. The molecule has 0 aliphatic carbocycles. The molecule has 0 spiro atoms. The van der Waals surface area contributed by atoms with Crippen LogP contribution >= 0.6 is 11.3 Å². The van der Waals surface area contributed by atoms with E-state index in [0.29, 0.717) is 0 Å². The molecule has 1 aromatic carbocycles. The van der Waals surface area contributed by atoms with Crippen molar-refractivity contribution in [1.29, 1.82) is 0 Å². The second-order valence-corrected chi connectivity index (χ2v) is 4.94. The van der Waals surface area contributed by atoms with Crippen molar-refractivity contribution in [3.05, 3.63) is 46.4 Å². The Hall–Kier alpha value is -1.81. The van der Waals surface area contributed by atoms with Crippen LogP contribution in [0.15, 0.2) is 35.3 Å². The van der Waals surface area contributed by atoms with Gasteiger partial charge in [-0.25, -0.2) is 4.98 Å². The van der Waals surface area contributed by atoms with E-state index in [-0.39, 0.29) is 0 Å². The van der Waals surface area contributed by atoms with Crippen LogP contribution in [-0.2, 0) is 6.54 Å². The fraction of sp³-hybridized carbons (Fsp3) is 0.154.